The van der Waals surface area contributed by atoms with Crippen molar-refractivity contribution in [2.75, 3.05) is 5.01 Å². The number of rotatable bonds is 5. The van der Waals surface area contributed by atoms with Crippen molar-refractivity contribution in [1.82, 2.24) is 4.83 Å². The first-order valence-electron chi connectivity index (χ1n) is 7.14. The van der Waals surface area contributed by atoms with Crippen LogP contribution in [0.3, 0.4) is 0 Å². The van der Waals surface area contributed by atoms with E-state index in [9.17, 15) is 8.42 Å². The number of anilines is 2. The zero-order chi connectivity index (χ0) is 16.1. The smallest absolute Gasteiger partial charge is 0.257 e. The molecule has 4 nitrogen and oxygen atoms in total. The molecule has 0 aromatic heterocycles. The van der Waals surface area contributed by atoms with Gasteiger partial charge in [0.2, 0.25) is 0 Å². The number of nitrogens with one attached hydrogen (secondary N) is 1. The van der Waals surface area contributed by atoms with Crippen LogP contribution in [0.2, 0.25) is 0 Å². The van der Waals surface area contributed by atoms with Crippen LogP contribution >= 0.6 is 0 Å². The largest absolute Gasteiger partial charge is 0.263 e. The Kier molecular flexibility index (Phi) is 4.41. The van der Waals surface area contributed by atoms with Crippen molar-refractivity contribution in [3.8, 4) is 0 Å². The standard InChI is InChI=1S/C18H16N2O2S/c21-23(22,18-14-8-3-9-15-18)19-20(16-10-4-1-5-11-16)17-12-6-2-7-13-17/h1-15,19H. The van der Waals surface area contributed by atoms with Crippen molar-refractivity contribution in [1.29, 1.82) is 0 Å². The zero-order valence-electron chi connectivity index (χ0n) is 12.3. The number of sulfonamides is 1. The van der Waals surface area contributed by atoms with E-state index >= 15 is 0 Å². The lowest BCUT2D eigenvalue weighted by Gasteiger charge is -2.25. The monoisotopic (exact) mass is 324 g/mol. The molecule has 0 amide bonds. The molecule has 0 bridgehead atoms. The molecule has 0 saturated heterocycles. The van der Waals surface area contributed by atoms with Crippen LogP contribution in [0.25, 0.3) is 0 Å². The number of hydrazine groups is 1. The van der Waals surface area contributed by atoms with E-state index in [4.69, 9.17) is 0 Å². The van der Waals surface area contributed by atoms with Gasteiger partial charge in [-0.05, 0) is 36.4 Å². The van der Waals surface area contributed by atoms with E-state index < -0.39 is 10.0 Å². The van der Waals surface area contributed by atoms with Gasteiger partial charge in [-0.2, -0.15) is 0 Å². The summed E-state index contributed by atoms with van der Waals surface area (Å²) in [7, 11) is -3.68. The Balaban J connectivity index is 2.00. The van der Waals surface area contributed by atoms with Crippen LogP contribution in [0.1, 0.15) is 0 Å². The summed E-state index contributed by atoms with van der Waals surface area (Å²) in [5, 5.41) is 1.56. The van der Waals surface area contributed by atoms with Crippen LogP contribution in [0.5, 0.6) is 0 Å². The summed E-state index contributed by atoms with van der Waals surface area (Å²) in [6.07, 6.45) is 0. The van der Waals surface area contributed by atoms with Crippen molar-refractivity contribution in [3.05, 3.63) is 91.0 Å². The average molecular weight is 324 g/mol. The molecule has 5 heteroatoms. The van der Waals surface area contributed by atoms with Gasteiger partial charge in [0.15, 0.2) is 0 Å². The minimum absolute atomic E-state index is 0.219. The number of hydrogen-bond acceptors (Lipinski definition) is 3. The van der Waals surface area contributed by atoms with Gasteiger partial charge in [0.05, 0.1) is 16.3 Å². The van der Waals surface area contributed by atoms with E-state index in [0.717, 1.165) is 11.4 Å². The predicted octanol–water partition coefficient (Wildman–Crippen LogP) is 3.72. The number of hydrogen-bond donors (Lipinski definition) is 1. The van der Waals surface area contributed by atoms with Gasteiger partial charge in [0.1, 0.15) is 0 Å². The molecule has 0 atom stereocenters. The first kappa shape index (κ1) is 15.3. The van der Waals surface area contributed by atoms with Crippen LogP contribution in [0, 0.1) is 0 Å². The molecule has 0 aliphatic rings. The molecule has 0 spiro atoms. The van der Waals surface area contributed by atoms with Crippen LogP contribution in [0.4, 0.5) is 11.4 Å². The van der Waals surface area contributed by atoms with E-state index in [1.807, 2.05) is 60.7 Å². The molecule has 0 aliphatic carbocycles. The first-order valence-corrected chi connectivity index (χ1v) is 8.63. The van der Waals surface area contributed by atoms with Crippen molar-refractivity contribution >= 4 is 21.4 Å². The van der Waals surface area contributed by atoms with E-state index in [-0.39, 0.29) is 4.90 Å². The Morgan fingerprint density at radius 1 is 0.609 bits per heavy atom. The number of nitrogens with zero attached hydrogens (tertiary/aromatic N) is 1. The van der Waals surface area contributed by atoms with E-state index in [1.165, 1.54) is 0 Å². The van der Waals surface area contributed by atoms with Gasteiger partial charge in [-0.25, -0.2) is 8.42 Å². The third-order valence-electron chi connectivity index (χ3n) is 3.29. The third-order valence-corrected chi connectivity index (χ3v) is 4.61. The second-order valence-electron chi connectivity index (χ2n) is 4.91. The first-order chi connectivity index (χ1) is 11.2. The van der Waals surface area contributed by atoms with Crippen molar-refractivity contribution < 1.29 is 8.42 Å². The molecule has 0 unspecified atom stereocenters. The fourth-order valence-electron chi connectivity index (χ4n) is 2.18. The summed E-state index contributed by atoms with van der Waals surface area (Å²) in [5.41, 5.74) is 1.47. The van der Waals surface area contributed by atoms with Crippen LogP contribution in [-0.2, 0) is 10.0 Å². The maximum atomic E-state index is 12.6. The summed E-state index contributed by atoms with van der Waals surface area (Å²) < 4.78 is 25.3. The van der Waals surface area contributed by atoms with Gasteiger partial charge in [-0.3, -0.25) is 5.01 Å². The lowest BCUT2D eigenvalue weighted by molar-refractivity contribution is 0.582. The van der Waals surface area contributed by atoms with Gasteiger partial charge >= 0.3 is 0 Å². The molecule has 0 saturated carbocycles. The quantitative estimate of drug-likeness (QED) is 0.728. The fourth-order valence-corrected chi connectivity index (χ4v) is 3.25. The molecular weight excluding hydrogens is 308 g/mol. The summed E-state index contributed by atoms with van der Waals surface area (Å²) in [4.78, 5) is 2.87. The number of benzene rings is 3. The summed E-state index contributed by atoms with van der Waals surface area (Å²) in [6.45, 7) is 0. The maximum Gasteiger partial charge on any atom is 0.257 e. The molecule has 116 valence electrons. The maximum absolute atomic E-state index is 12.6. The summed E-state index contributed by atoms with van der Waals surface area (Å²) in [6, 6.07) is 26.9. The van der Waals surface area contributed by atoms with Crippen molar-refractivity contribution in [3.63, 3.8) is 0 Å². The van der Waals surface area contributed by atoms with Crippen molar-refractivity contribution in [2.45, 2.75) is 4.90 Å². The lowest BCUT2D eigenvalue weighted by Crippen LogP contribution is -2.38. The summed E-state index contributed by atoms with van der Waals surface area (Å²) in [5.74, 6) is 0. The van der Waals surface area contributed by atoms with Gasteiger partial charge in [0, 0.05) is 0 Å². The Morgan fingerprint density at radius 3 is 1.43 bits per heavy atom. The Morgan fingerprint density at radius 2 is 1.00 bits per heavy atom. The molecule has 0 fully saturated rings. The highest BCUT2D eigenvalue weighted by atomic mass is 32.2. The molecule has 23 heavy (non-hydrogen) atoms. The highest BCUT2D eigenvalue weighted by Gasteiger charge is 2.19. The highest BCUT2D eigenvalue weighted by molar-refractivity contribution is 7.89. The summed E-state index contributed by atoms with van der Waals surface area (Å²) >= 11 is 0. The molecule has 0 radical (unpaired) electrons. The second kappa shape index (κ2) is 6.64. The minimum atomic E-state index is -3.68. The third kappa shape index (κ3) is 3.59. The molecule has 3 aromatic rings. The van der Waals surface area contributed by atoms with Crippen LogP contribution < -0.4 is 9.84 Å². The van der Waals surface area contributed by atoms with E-state index in [2.05, 4.69) is 4.83 Å². The molecule has 3 aromatic carbocycles. The Labute approximate surface area is 136 Å². The van der Waals surface area contributed by atoms with Crippen molar-refractivity contribution in [2.24, 2.45) is 0 Å². The van der Waals surface area contributed by atoms with Crippen LogP contribution in [-0.4, -0.2) is 8.42 Å². The Bertz CT molecular complexity index is 812. The van der Waals surface area contributed by atoms with E-state index in [1.54, 1.807) is 35.3 Å². The van der Waals surface area contributed by atoms with Crippen LogP contribution in [0.15, 0.2) is 95.9 Å². The Hall–Kier alpha value is -2.63. The SMILES string of the molecule is O=S(=O)(NN(c1ccccc1)c1ccccc1)c1ccccc1. The highest BCUT2D eigenvalue weighted by Crippen LogP contribution is 2.24. The van der Waals surface area contributed by atoms with E-state index in [0.29, 0.717) is 0 Å². The topological polar surface area (TPSA) is 49.4 Å². The number of para-hydroxylation sites is 2. The van der Waals surface area contributed by atoms with Gasteiger partial charge in [-0.15, -0.1) is 4.83 Å². The van der Waals surface area contributed by atoms with Gasteiger partial charge in [-0.1, -0.05) is 54.6 Å². The molecular formula is C18H16N2O2S. The lowest BCUT2D eigenvalue weighted by atomic mass is 10.2. The average Bonchev–Trinajstić information content (AvgIpc) is 2.62. The molecule has 1 N–H and O–H groups in total. The molecule has 0 aliphatic heterocycles. The van der Waals surface area contributed by atoms with Gasteiger partial charge < -0.3 is 0 Å². The zero-order valence-corrected chi connectivity index (χ0v) is 13.1. The predicted molar refractivity (Wildman–Crippen MR) is 91.8 cm³/mol. The molecule has 3 rings (SSSR count). The molecule has 0 heterocycles. The fraction of sp³-hybridized carbons (Fsp3) is 0. The normalized spacial score (nSPS) is 11.1. The second-order valence-corrected chi connectivity index (χ2v) is 6.58. The minimum Gasteiger partial charge on any atom is -0.263 e. The van der Waals surface area contributed by atoms with Gasteiger partial charge in [0.25, 0.3) is 10.0 Å².